The standard InChI is InChI=1S/C12H24N2OS/c1-10-12(4-8-16-10)14(6-7-15)9-11-3-2-5-13-11/h10-13,15H,2-9H2,1H3. The van der Waals surface area contributed by atoms with Crippen molar-refractivity contribution in [3.63, 3.8) is 0 Å². The van der Waals surface area contributed by atoms with Gasteiger partial charge >= 0.3 is 0 Å². The molecule has 3 unspecified atom stereocenters. The first kappa shape index (κ1) is 12.7. The number of hydrogen-bond donors (Lipinski definition) is 2. The molecule has 0 radical (unpaired) electrons. The summed E-state index contributed by atoms with van der Waals surface area (Å²) in [6.07, 6.45) is 3.90. The van der Waals surface area contributed by atoms with Crippen LogP contribution in [-0.4, -0.2) is 59.3 Å². The molecule has 2 rings (SSSR count). The van der Waals surface area contributed by atoms with Crippen LogP contribution in [-0.2, 0) is 0 Å². The topological polar surface area (TPSA) is 35.5 Å². The van der Waals surface area contributed by atoms with E-state index in [1.165, 1.54) is 31.6 Å². The molecule has 0 amide bonds. The van der Waals surface area contributed by atoms with Gasteiger partial charge in [-0.05, 0) is 31.6 Å². The maximum absolute atomic E-state index is 9.19. The van der Waals surface area contributed by atoms with E-state index in [1.54, 1.807) is 0 Å². The third-order valence-corrected chi connectivity index (χ3v) is 5.12. The summed E-state index contributed by atoms with van der Waals surface area (Å²) in [5, 5.41) is 13.5. The second-order valence-electron chi connectivity index (χ2n) is 4.94. The Bertz CT molecular complexity index is 209. The molecular formula is C12H24N2OS. The van der Waals surface area contributed by atoms with Crippen LogP contribution in [0.5, 0.6) is 0 Å². The molecule has 2 saturated heterocycles. The number of aliphatic hydroxyl groups is 1. The van der Waals surface area contributed by atoms with Crippen molar-refractivity contribution in [2.45, 2.75) is 43.5 Å². The highest BCUT2D eigenvalue weighted by atomic mass is 32.2. The van der Waals surface area contributed by atoms with Gasteiger partial charge in [-0.3, -0.25) is 4.90 Å². The van der Waals surface area contributed by atoms with Gasteiger partial charge in [-0.15, -0.1) is 0 Å². The molecule has 3 atom stereocenters. The second kappa shape index (κ2) is 6.24. The van der Waals surface area contributed by atoms with Crippen LogP contribution in [0.15, 0.2) is 0 Å². The zero-order chi connectivity index (χ0) is 11.4. The maximum Gasteiger partial charge on any atom is 0.0558 e. The summed E-state index contributed by atoms with van der Waals surface area (Å²) in [4.78, 5) is 2.51. The fourth-order valence-corrected chi connectivity index (χ4v) is 4.20. The molecule has 16 heavy (non-hydrogen) atoms. The molecule has 2 aliphatic heterocycles. The molecule has 2 N–H and O–H groups in total. The highest BCUT2D eigenvalue weighted by Crippen LogP contribution is 2.30. The van der Waals surface area contributed by atoms with Crippen molar-refractivity contribution in [2.75, 3.05) is 32.0 Å². The predicted molar refractivity (Wildman–Crippen MR) is 70.0 cm³/mol. The average molecular weight is 244 g/mol. The maximum atomic E-state index is 9.19. The summed E-state index contributed by atoms with van der Waals surface area (Å²) in [7, 11) is 0. The Hall–Kier alpha value is 0.230. The van der Waals surface area contributed by atoms with Crippen LogP contribution in [0.25, 0.3) is 0 Å². The lowest BCUT2D eigenvalue weighted by Gasteiger charge is -2.32. The van der Waals surface area contributed by atoms with Crippen LogP contribution in [0.1, 0.15) is 26.2 Å². The molecule has 4 heteroatoms. The van der Waals surface area contributed by atoms with E-state index in [4.69, 9.17) is 0 Å². The van der Waals surface area contributed by atoms with Crippen molar-refractivity contribution in [3.05, 3.63) is 0 Å². The number of aliphatic hydroxyl groups excluding tert-OH is 1. The normalized spacial score (nSPS) is 35.1. The van der Waals surface area contributed by atoms with Crippen LogP contribution in [0, 0.1) is 0 Å². The van der Waals surface area contributed by atoms with E-state index in [-0.39, 0.29) is 0 Å². The Balaban J connectivity index is 1.87. The fourth-order valence-electron chi connectivity index (χ4n) is 2.92. The van der Waals surface area contributed by atoms with E-state index in [0.29, 0.717) is 18.7 Å². The van der Waals surface area contributed by atoms with Gasteiger partial charge in [0.1, 0.15) is 0 Å². The summed E-state index contributed by atoms with van der Waals surface area (Å²) in [5.74, 6) is 1.28. The van der Waals surface area contributed by atoms with Crippen LogP contribution in [0.4, 0.5) is 0 Å². The zero-order valence-corrected chi connectivity index (χ0v) is 11.0. The lowest BCUT2D eigenvalue weighted by Crippen LogP contribution is -2.46. The predicted octanol–water partition coefficient (Wildman–Crippen LogP) is 0.927. The van der Waals surface area contributed by atoms with E-state index in [0.717, 1.165) is 18.3 Å². The molecule has 3 nitrogen and oxygen atoms in total. The van der Waals surface area contributed by atoms with Crippen molar-refractivity contribution in [1.29, 1.82) is 0 Å². The van der Waals surface area contributed by atoms with Crippen molar-refractivity contribution in [3.8, 4) is 0 Å². The summed E-state index contributed by atoms with van der Waals surface area (Å²) in [6.45, 7) is 5.76. The largest absolute Gasteiger partial charge is 0.395 e. The highest BCUT2D eigenvalue weighted by Gasteiger charge is 2.31. The number of rotatable bonds is 5. The smallest absolute Gasteiger partial charge is 0.0558 e. The Morgan fingerprint density at radius 1 is 1.44 bits per heavy atom. The number of nitrogens with zero attached hydrogens (tertiary/aromatic N) is 1. The van der Waals surface area contributed by atoms with Gasteiger partial charge in [0.05, 0.1) is 6.61 Å². The quantitative estimate of drug-likeness (QED) is 0.754. The van der Waals surface area contributed by atoms with Gasteiger partial charge in [0.25, 0.3) is 0 Å². The number of hydrogen-bond acceptors (Lipinski definition) is 4. The minimum atomic E-state index is 0.292. The molecule has 2 aliphatic rings. The second-order valence-corrected chi connectivity index (χ2v) is 6.43. The van der Waals surface area contributed by atoms with Gasteiger partial charge in [0.15, 0.2) is 0 Å². The van der Waals surface area contributed by atoms with E-state index in [9.17, 15) is 5.11 Å². The SMILES string of the molecule is CC1SCCC1N(CCO)CC1CCCN1. The van der Waals surface area contributed by atoms with Crippen LogP contribution >= 0.6 is 11.8 Å². The lowest BCUT2D eigenvalue weighted by atomic mass is 10.1. The molecule has 0 aromatic heterocycles. The van der Waals surface area contributed by atoms with Crippen LogP contribution in [0.2, 0.25) is 0 Å². The van der Waals surface area contributed by atoms with Gasteiger partial charge < -0.3 is 10.4 Å². The van der Waals surface area contributed by atoms with E-state index in [2.05, 4.69) is 28.9 Å². The van der Waals surface area contributed by atoms with Crippen LogP contribution in [0.3, 0.4) is 0 Å². The summed E-state index contributed by atoms with van der Waals surface area (Å²) in [5.41, 5.74) is 0. The lowest BCUT2D eigenvalue weighted by molar-refractivity contribution is 0.140. The number of thioether (sulfide) groups is 1. The summed E-state index contributed by atoms with van der Waals surface area (Å²) >= 11 is 2.07. The third kappa shape index (κ3) is 3.13. The van der Waals surface area contributed by atoms with E-state index < -0.39 is 0 Å². The molecule has 2 fully saturated rings. The third-order valence-electron chi connectivity index (χ3n) is 3.81. The van der Waals surface area contributed by atoms with Crippen molar-refractivity contribution >= 4 is 11.8 Å². The first-order valence-corrected chi connectivity index (χ1v) is 7.56. The summed E-state index contributed by atoms with van der Waals surface area (Å²) in [6, 6.07) is 1.34. The molecule has 0 aliphatic carbocycles. The van der Waals surface area contributed by atoms with Gasteiger partial charge in [-0.25, -0.2) is 0 Å². The van der Waals surface area contributed by atoms with E-state index in [1.807, 2.05) is 0 Å². The summed E-state index contributed by atoms with van der Waals surface area (Å²) < 4.78 is 0. The Morgan fingerprint density at radius 2 is 2.31 bits per heavy atom. The van der Waals surface area contributed by atoms with Gasteiger partial charge in [-0.2, -0.15) is 11.8 Å². The molecule has 0 bridgehead atoms. The fraction of sp³-hybridized carbons (Fsp3) is 1.00. The minimum absolute atomic E-state index is 0.292. The molecule has 0 aromatic carbocycles. The number of nitrogens with one attached hydrogen (secondary N) is 1. The molecule has 2 heterocycles. The molecule has 94 valence electrons. The van der Waals surface area contributed by atoms with Crippen LogP contribution < -0.4 is 5.32 Å². The van der Waals surface area contributed by atoms with Gasteiger partial charge in [-0.1, -0.05) is 6.92 Å². The Labute approximate surface area is 103 Å². The van der Waals surface area contributed by atoms with E-state index >= 15 is 0 Å². The van der Waals surface area contributed by atoms with Crippen molar-refractivity contribution in [1.82, 2.24) is 10.2 Å². The Kier molecular flexibility index (Phi) is 4.95. The van der Waals surface area contributed by atoms with Crippen molar-refractivity contribution < 1.29 is 5.11 Å². The minimum Gasteiger partial charge on any atom is -0.395 e. The molecule has 0 spiro atoms. The average Bonchev–Trinajstić information content (AvgIpc) is 2.88. The molecular weight excluding hydrogens is 220 g/mol. The highest BCUT2D eigenvalue weighted by molar-refractivity contribution is 8.00. The van der Waals surface area contributed by atoms with Crippen molar-refractivity contribution in [2.24, 2.45) is 0 Å². The first-order chi connectivity index (χ1) is 7.81. The van der Waals surface area contributed by atoms with Gasteiger partial charge in [0, 0.05) is 30.4 Å². The Morgan fingerprint density at radius 3 is 2.88 bits per heavy atom. The monoisotopic (exact) mass is 244 g/mol. The van der Waals surface area contributed by atoms with Gasteiger partial charge in [0.2, 0.25) is 0 Å². The molecule has 0 saturated carbocycles. The zero-order valence-electron chi connectivity index (χ0n) is 10.2. The molecule has 0 aromatic rings. The first-order valence-electron chi connectivity index (χ1n) is 6.51.